The van der Waals surface area contributed by atoms with Gasteiger partial charge >= 0.3 is 0 Å². The van der Waals surface area contributed by atoms with E-state index in [4.69, 9.17) is 5.73 Å². The molecule has 0 saturated heterocycles. The van der Waals surface area contributed by atoms with Crippen LogP contribution in [0.25, 0.3) is 0 Å². The van der Waals surface area contributed by atoms with Gasteiger partial charge in [-0.05, 0) is 19.3 Å². The Balaban J connectivity index is 2.32. The lowest BCUT2D eigenvalue weighted by Gasteiger charge is -2.41. The minimum absolute atomic E-state index is 0.0521. The maximum absolute atomic E-state index is 11.3. The van der Waals surface area contributed by atoms with E-state index in [1.807, 2.05) is 7.05 Å². The molecule has 4 nitrogen and oxygen atoms in total. The van der Waals surface area contributed by atoms with Crippen molar-refractivity contribution in [2.24, 2.45) is 10.7 Å². The minimum atomic E-state index is -0.329. The largest absolute Gasteiger partial charge is 0.369 e. The highest BCUT2D eigenvalue weighted by Crippen LogP contribution is 2.40. The zero-order valence-electron chi connectivity index (χ0n) is 6.50. The van der Waals surface area contributed by atoms with Crippen LogP contribution in [0.15, 0.2) is 4.99 Å². The van der Waals surface area contributed by atoms with Gasteiger partial charge in [-0.3, -0.25) is 4.79 Å². The summed E-state index contributed by atoms with van der Waals surface area (Å²) in [6.07, 6.45) is 2.93. The molecule has 1 aliphatic heterocycles. The molecule has 0 aromatic carbocycles. The van der Waals surface area contributed by atoms with Gasteiger partial charge in [0.2, 0.25) is 0 Å². The van der Waals surface area contributed by atoms with Crippen molar-refractivity contribution in [2.45, 2.75) is 24.8 Å². The molecule has 0 bridgehead atoms. The Morgan fingerprint density at radius 2 is 2.27 bits per heavy atom. The summed E-state index contributed by atoms with van der Waals surface area (Å²) in [5.41, 5.74) is 5.18. The quantitative estimate of drug-likeness (QED) is 0.519. The van der Waals surface area contributed by atoms with Crippen LogP contribution in [0.4, 0.5) is 0 Å². The molecule has 1 spiro atoms. The van der Waals surface area contributed by atoms with E-state index in [9.17, 15) is 4.79 Å². The molecule has 0 aromatic rings. The number of carbonyl (C=O) groups excluding carboxylic acids is 1. The Labute approximate surface area is 65.1 Å². The molecule has 1 heterocycles. The fourth-order valence-electron chi connectivity index (χ4n) is 1.71. The average molecular weight is 153 g/mol. The van der Waals surface area contributed by atoms with Crippen LogP contribution in [-0.2, 0) is 4.79 Å². The van der Waals surface area contributed by atoms with Crippen molar-refractivity contribution < 1.29 is 4.79 Å². The van der Waals surface area contributed by atoms with Crippen LogP contribution in [0.1, 0.15) is 19.3 Å². The Hall–Kier alpha value is -1.06. The van der Waals surface area contributed by atoms with Crippen molar-refractivity contribution in [2.75, 3.05) is 7.05 Å². The Bertz CT molecular complexity index is 242. The Morgan fingerprint density at radius 1 is 1.64 bits per heavy atom. The van der Waals surface area contributed by atoms with Crippen molar-refractivity contribution in [3.05, 3.63) is 0 Å². The predicted octanol–water partition coefficient (Wildman–Crippen LogP) is -0.304. The molecule has 1 saturated carbocycles. The molecule has 0 atom stereocenters. The standard InChI is InChI=1S/C7H11N3O/c1-10-6(8)9-5(11)7(10)3-2-4-7/h2-4H2,1H3,(H2,8,9,11). The number of nitrogens with zero attached hydrogens (tertiary/aromatic N) is 2. The number of nitrogens with two attached hydrogens (primary N) is 1. The summed E-state index contributed by atoms with van der Waals surface area (Å²) in [5.74, 6) is 0.318. The molecular formula is C7H11N3O. The molecule has 1 aliphatic carbocycles. The van der Waals surface area contributed by atoms with Crippen molar-refractivity contribution >= 4 is 11.9 Å². The van der Waals surface area contributed by atoms with Crippen molar-refractivity contribution in [1.29, 1.82) is 0 Å². The number of hydrogen-bond donors (Lipinski definition) is 1. The van der Waals surface area contributed by atoms with Crippen molar-refractivity contribution in [3.63, 3.8) is 0 Å². The average Bonchev–Trinajstić information content (AvgIpc) is 2.03. The van der Waals surface area contributed by atoms with Crippen LogP contribution in [0.5, 0.6) is 0 Å². The van der Waals surface area contributed by atoms with Crippen LogP contribution in [-0.4, -0.2) is 29.4 Å². The summed E-state index contributed by atoms with van der Waals surface area (Å²) < 4.78 is 0. The van der Waals surface area contributed by atoms with E-state index in [2.05, 4.69) is 4.99 Å². The first-order valence-corrected chi connectivity index (χ1v) is 3.79. The SMILES string of the molecule is CN1C(N)=NC(=O)C12CCC2. The number of hydrogen-bond acceptors (Lipinski definition) is 3. The van der Waals surface area contributed by atoms with E-state index in [0.29, 0.717) is 5.96 Å². The molecule has 2 rings (SSSR count). The second kappa shape index (κ2) is 1.75. The molecule has 2 N–H and O–H groups in total. The smallest absolute Gasteiger partial charge is 0.274 e. The van der Waals surface area contributed by atoms with Crippen LogP contribution >= 0.6 is 0 Å². The molecule has 0 unspecified atom stereocenters. The summed E-state index contributed by atoms with van der Waals surface area (Å²) in [6, 6.07) is 0. The molecule has 2 aliphatic rings. The normalized spacial score (nSPS) is 27.2. The van der Waals surface area contributed by atoms with E-state index in [1.54, 1.807) is 4.90 Å². The lowest BCUT2D eigenvalue weighted by molar-refractivity contribution is -0.129. The van der Waals surface area contributed by atoms with E-state index >= 15 is 0 Å². The third-order valence-corrected chi connectivity index (χ3v) is 2.78. The van der Waals surface area contributed by atoms with Crippen LogP contribution in [0.3, 0.4) is 0 Å². The fourth-order valence-corrected chi connectivity index (χ4v) is 1.71. The fraction of sp³-hybridized carbons (Fsp3) is 0.714. The van der Waals surface area contributed by atoms with E-state index in [-0.39, 0.29) is 11.4 Å². The molecule has 0 radical (unpaired) electrons. The maximum atomic E-state index is 11.3. The van der Waals surface area contributed by atoms with Crippen molar-refractivity contribution in [3.8, 4) is 0 Å². The molecule has 1 fully saturated rings. The second-order valence-corrected chi connectivity index (χ2v) is 3.22. The minimum Gasteiger partial charge on any atom is -0.369 e. The first-order valence-electron chi connectivity index (χ1n) is 3.79. The lowest BCUT2D eigenvalue weighted by Crippen LogP contribution is -2.55. The second-order valence-electron chi connectivity index (χ2n) is 3.22. The summed E-state index contributed by atoms with van der Waals surface area (Å²) in [5, 5.41) is 0. The zero-order valence-corrected chi connectivity index (χ0v) is 6.50. The molecule has 4 heteroatoms. The number of amides is 1. The monoisotopic (exact) mass is 153 g/mol. The topological polar surface area (TPSA) is 58.7 Å². The van der Waals surface area contributed by atoms with Gasteiger partial charge < -0.3 is 10.6 Å². The van der Waals surface area contributed by atoms with Gasteiger partial charge in [0.1, 0.15) is 5.54 Å². The molecule has 11 heavy (non-hydrogen) atoms. The van der Waals surface area contributed by atoms with Crippen LogP contribution < -0.4 is 5.73 Å². The third kappa shape index (κ3) is 0.593. The molecule has 60 valence electrons. The van der Waals surface area contributed by atoms with Crippen LogP contribution in [0, 0.1) is 0 Å². The van der Waals surface area contributed by atoms with Gasteiger partial charge in [0, 0.05) is 7.05 Å². The first-order chi connectivity index (χ1) is 5.17. The van der Waals surface area contributed by atoms with E-state index in [0.717, 1.165) is 19.3 Å². The number of likely N-dealkylation sites (N-methyl/N-ethyl adjacent to an activating group) is 1. The van der Waals surface area contributed by atoms with Gasteiger partial charge in [0.25, 0.3) is 5.91 Å². The highest BCUT2D eigenvalue weighted by molar-refractivity contribution is 6.05. The third-order valence-electron chi connectivity index (χ3n) is 2.78. The zero-order chi connectivity index (χ0) is 8.06. The molecule has 0 aromatic heterocycles. The molecule has 1 amide bonds. The number of rotatable bonds is 0. The Kier molecular flexibility index (Phi) is 1.06. The van der Waals surface area contributed by atoms with Crippen molar-refractivity contribution in [1.82, 2.24) is 4.90 Å². The van der Waals surface area contributed by atoms with Gasteiger partial charge in [-0.2, -0.15) is 4.99 Å². The summed E-state index contributed by atoms with van der Waals surface area (Å²) in [6.45, 7) is 0. The van der Waals surface area contributed by atoms with Gasteiger partial charge in [-0.15, -0.1) is 0 Å². The first kappa shape index (κ1) is 6.64. The highest BCUT2D eigenvalue weighted by atomic mass is 16.2. The highest BCUT2D eigenvalue weighted by Gasteiger charge is 2.52. The van der Waals surface area contributed by atoms with Gasteiger partial charge in [0.15, 0.2) is 5.96 Å². The van der Waals surface area contributed by atoms with Crippen LogP contribution in [0.2, 0.25) is 0 Å². The summed E-state index contributed by atoms with van der Waals surface area (Å²) in [4.78, 5) is 16.8. The number of guanidine groups is 1. The van der Waals surface area contributed by atoms with E-state index in [1.165, 1.54) is 0 Å². The Morgan fingerprint density at radius 3 is 2.45 bits per heavy atom. The summed E-state index contributed by atoms with van der Waals surface area (Å²) in [7, 11) is 1.84. The number of aliphatic imine (C=N–C) groups is 1. The maximum Gasteiger partial charge on any atom is 0.274 e. The van der Waals surface area contributed by atoms with Gasteiger partial charge in [0.05, 0.1) is 0 Å². The van der Waals surface area contributed by atoms with Gasteiger partial charge in [-0.1, -0.05) is 0 Å². The van der Waals surface area contributed by atoms with E-state index < -0.39 is 0 Å². The molecular weight excluding hydrogens is 142 g/mol. The predicted molar refractivity (Wildman–Crippen MR) is 41.0 cm³/mol. The summed E-state index contributed by atoms with van der Waals surface area (Å²) >= 11 is 0. The lowest BCUT2D eigenvalue weighted by atomic mass is 9.76. The van der Waals surface area contributed by atoms with Gasteiger partial charge in [-0.25, -0.2) is 0 Å². The number of carbonyl (C=O) groups is 1.